The van der Waals surface area contributed by atoms with E-state index in [1.165, 1.54) is 4.31 Å². The number of anilines is 1. The van der Waals surface area contributed by atoms with Crippen LogP contribution < -0.4 is 5.32 Å². The number of amides is 1. The third-order valence-corrected chi connectivity index (χ3v) is 6.46. The molecule has 3 rings (SSSR count). The molecular weight excluding hydrogens is 378 g/mol. The van der Waals surface area contributed by atoms with E-state index in [1.54, 1.807) is 37.3 Å². The Morgan fingerprint density at radius 2 is 1.96 bits per heavy atom. The third kappa shape index (κ3) is 4.63. The molecule has 2 heterocycles. The second-order valence-electron chi connectivity index (χ2n) is 6.37. The van der Waals surface area contributed by atoms with Crippen molar-refractivity contribution >= 4 is 33.3 Å². The zero-order chi connectivity index (χ0) is 18.7. The second kappa shape index (κ2) is 7.77. The van der Waals surface area contributed by atoms with Crippen LogP contribution in [0, 0.1) is 12.8 Å². The highest BCUT2D eigenvalue weighted by atomic mass is 35.5. The maximum Gasteiger partial charge on any atom is 0.228 e. The van der Waals surface area contributed by atoms with E-state index in [2.05, 4.69) is 10.5 Å². The van der Waals surface area contributed by atoms with Crippen molar-refractivity contribution in [3.63, 3.8) is 0 Å². The number of hydrogen-bond acceptors (Lipinski definition) is 5. The van der Waals surface area contributed by atoms with Gasteiger partial charge in [0.05, 0.1) is 5.75 Å². The van der Waals surface area contributed by atoms with Crippen molar-refractivity contribution in [3.05, 3.63) is 46.7 Å². The third-order valence-electron chi connectivity index (χ3n) is 4.36. The average Bonchev–Trinajstić information content (AvgIpc) is 3.02. The minimum atomic E-state index is -3.42. The topological polar surface area (TPSA) is 92.5 Å². The van der Waals surface area contributed by atoms with E-state index in [9.17, 15) is 13.2 Å². The smallest absolute Gasteiger partial charge is 0.228 e. The average molecular weight is 398 g/mol. The molecule has 7 nitrogen and oxygen atoms in total. The molecule has 1 aromatic heterocycles. The summed E-state index contributed by atoms with van der Waals surface area (Å²) in [5, 5.41) is 7.01. The first-order valence-corrected chi connectivity index (χ1v) is 10.3. The Labute approximate surface area is 157 Å². The van der Waals surface area contributed by atoms with Gasteiger partial charge in [-0.15, -0.1) is 0 Å². The van der Waals surface area contributed by atoms with E-state index in [0.717, 1.165) is 0 Å². The van der Waals surface area contributed by atoms with Gasteiger partial charge in [-0.25, -0.2) is 12.7 Å². The highest BCUT2D eigenvalue weighted by molar-refractivity contribution is 7.88. The van der Waals surface area contributed by atoms with Crippen LogP contribution >= 0.6 is 11.6 Å². The number of carbonyl (C=O) groups excluding carboxylic acids is 1. The maximum atomic E-state index is 12.6. The lowest BCUT2D eigenvalue weighted by molar-refractivity contribution is -0.120. The molecule has 1 fully saturated rings. The molecule has 9 heteroatoms. The van der Waals surface area contributed by atoms with Crippen molar-refractivity contribution in [2.24, 2.45) is 5.92 Å². The maximum absolute atomic E-state index is 12.6. The summed E-state index contributed by atoms with van der Waals surface area (Å²) < 4.78 is 31.5. The summed E-state index contributed by atoms with van der Waals surface area (Å²) >= 11 is 5.83. The lowest BCUT2D eigenvalue weighted by atomic mass is 9.97. The minimum absolute atomic E-state index is 0.0702. The summed E-state index contributed by atoms with van der Waals surface area (Å²) in [7, 11) is -3.42. The fourth-order valence-corrected chi connectivity index (χ4v) is 4.62. The molecule has 140 valence electrons. The van der Waals surface area contributed by atoms with E-state index in [0.29, 0.717) is 48.1 Å². The van der Waals surface area contributed by atoms with E-state index in [-0.39, 0.29) is 17.6 Å². The van der Waals surface area contributed by atoms with Crippen LogP contribution in [0.15, 0.2) is 34.9 Å². The monoisotopic (exact) mass is 397 g/mol. The lowest BCUT2D eigenvalue weighted by Crippen LogP contribution is -2.41. The molecule has 26 heavy (non-hydrogen) atoms. The largest absolute Gasteiger partial charge is 0.360 e. The van der Waals surface area contributed by atoms with Gasteiger partial charge in [-0.1, -0.05) is 28.9 Å². The van der Waals surface area contributed by atoms with Crippen molar-refractivity contribution < 1.29 is 17.7 Å². The van der Waals surface area contributed by atoms with Gasteiger partial charge in [0.25, 0.3) is 0 Å². The van der Waals surface area contributed by atoms with Crippen molar-refractivity contribution in [2.45, 2.75) is 25.5 Å². The molecule has 0 spiro atoms. The van der Waals surface area contributed by atoms with Crippen LogP contribution in [0.3, 0.4) is 0 Å². The number of rotatable bonds is 5. The summed E-state index contributed by atoms with van der Waals surface area (Å²) in [5.41, 5.74) is 0.690. The van der Waals surface area contributed by atoms with Crippen LogP contribution in [0.5, 0.6) is 0 Å². The Bertz CT molecular complexity index is 872. The van der Waals surface area contributed by atoms with E-state index in [4.69, 9.17) is 16.1 Å². The quantitative estimate of drug-likeness (QED) is 0.837. The summed E-state index contributed by atoms with van der Waals surface area (Å²) in [4.78, 5) is 12.3. The number of halogens is 1. The van der Waals surface area contributed by atoms with Crippen molar-refractivity contribution in [1.29, 1.82) is 0 Å². The number of nitrogens with one attached hydrogen (secondary N) is 1. The van der Waals surface area contributed by atoms with Crippen molar-refractivity contribution in [1.82, 2.24) is 9.46 Å². The summed E-state index contributed by atoms with van der Waals surface area (Å²) in [6.45, 7) is 2.39. The standard InChI is InChI=1S/C17H20ClN3O4S/c1-12-10-16(20-25-12)19-17(22)14-6-8-21(9-7-14)26(23,24)11-13-2-4-15(18)5-3-13/h2-5,10,14H,6-9,11H2,1H3,(H,19,20,22). The fourth-order valence-electron chi connectivity index (χ4n) is 2.93. The number of hydrogen-bond donors (Lipinski definition) is 1. The van der Waals surface area contributed by atoms with E-state index in [1.807, 2.05) is 0 Å². The number of piperidine rings is 1. The first kappa shape index (κ1) is 18.9. The van der Waals surface area contributed by atoms with Gasteiger partial charge in [0.2, 0.25) is 15.9 Å². The summed E-state index contributed by atoms with van der Waals surface area (Å²) in [6.07, 6.45) is 0.949. The molecule has 0 saturated carbocycles. The molecule has 1 aliphatic heterocycles. The molecule has 1 saturated heterocycles. The SMILES string of the molecule is Cc1cc(NC(=O)C2CCN(S(=O)(=O)Cc3ccc(Cl)cc3)CC2)no1. The van der Waals surface area contributed by atoms with Gasteiger partial charge < -0.3 is 9.84 Å². The predicted molar refractivity (Wildman–Crippen MR) is 98.2 cm³/mol. The van der Waals surface area contributed by atoms with Gasteiger partial charge >= 0.3 is 0 Å². The van der Waals surface area contributed by atoms with E-state index >= 15 is 0 Å². The number of aromatic nitrogens is 1. The molecule has 0 unspecified atom stereocenters. The van der Waals surface area contributed by atoms with Crippen LogP contribution in [0.4, 0.5) is 5.82 Å². The zero-order valence-corrected chi connectivity index (χ0v) is 15.9. The minimum Gasteiger partial charge on any atom is -0.360 e. The van der Waals surface area contributed by atoms with Gasteiger partial charge in [-0.3, -0.25) is 4.79 Å². The first-order chi connectivity index (χ1) is 12.3. The summed E-state index contributed by atoms with van der Waals surface area (Å²) in [6, 6.07) is 8.41. The molecule has 0 atom stereocenters. The number of carbonyl (C=O) groups is 1. The van der Waals surface area contributed by atoms with Crippen LogP contribution in [0.1, 0.15) is 24.2 Å². The number of aryl methyl sites for hydroxylation is 1. The van der Waals surface area contributed by atoms with Crippen LogP contribution in [-0.2, 0) is 20.6 Å². The zero-order valence-electron chi connectivity index (χ0n) is 14.3. The van der Waals surface area contributed by atoms with Crippen molar-refractivity contribution in [3.8, 4) is 0 Å². The molecule has 1 N–H and O–H groups in total. The molecule has 0 bridgehead atoms. The Hall–Kier alpha value is -1.90. The fraction of sp³-hybridized carbons (Fsp3) is 0.412. The number of sulfonamides is 1. The van der Waals surface area contributed by atoms with Crippen molar-refractivity contribution in [2.75, 3.05) is 18.4 Å². The Balaban J connectivity index is 1.55. The highest BCUT2D eigenvalue weighted by Crippen LogP contribution is 2.23. The molecule has 0 aliphatic carbocycles. The Morgan fingerprint density at radius 3 is 2.54 bits per heavy atom. The molecule has 0 radical (unpaired) electrons. The molecule has 1 aromatic carbocycles. The normalized spacial score (nSPS) is 16.5. The number of nitrogens with zero attached hydrogens (tertiary/aromatic N) is 2. The van der Waals surface area contributed by atoms with Gasteiger partial charge in [0.1, 0.15) is 5.76 Å². The Morgan fingerprint density at radius 1 is 1.31 bits per heavy atom. The number of benzene rings is 1. The van der Waals surface area contributed by atoms with Gasteiger partial charge in [-0.05, 0) is 37.5 Å². The second-order valence-corrected chi connectivity index (χ2v) is 8.77. The summed E-state index contributed by atoms with van der Waals surface area (Å²) in [5.74, 6) is 0.523. The molecule has 2 aromatic rings. The first-order valence-electron chi connectivity index (χ1n) is 8.30. The van der Waals surface area contributed by atoms with Crippen LogP contribution in [0.25, 0.3) is 0 Å². The van der Waals surface area contributed by atoms with Gasteiger partial charge in [0, 0.05) is 30.1 Å². The van der Waals surface area contributed by atoms with E-state index < -0.39 is 10.0 Å². The van der Waals surface area contributed by atoms with Gasteiger partial charge in [0.15, 0.2) is 5.82 Å². The predicted octanol–water partition coefficient (Wildman–Crippen LogP) is 2.82. The van der Waals surface area contributed by atoms with Gasteiger partial charge in [-0.2, -0.15) is 0 Å². The molecular formula is C17H20ClN3O4S. The van der Waals surface area contributed by atoms with Crippen LogP contribution in [0.2, 0.25) is 5.02 Å². The molecule has 1 amide bonds. The Kier molecular flexibility index (Phi) is 5.64. The lowest BCUT2D eigenvalue weighted by Gasteiger charge is -2.30. The van der Waals surface area contributed by atoms with Crippen LogP contribution in [-0.4, -0.2) is 36.9 Å². The highest BCUT2D eigenvalue weighted by Gasteiger charge is 2.31. The molecule has 1 aliphatic rings.